The van der Waals surface area contributed by atoms with Gasteiger partial charge in [0.05, 0.1) is 16.5 Å². The van der Waals surface area contributed by atoms with Gasteiger partial charge in [-0.2, -0.15) is 5.26 Å². The molecule has 7 nitrogen and oxygen atoms in total. The highest BCUT2D eigenvalue weighted by Gasteiger charge is 2.32. The van der Waals surface area contributed by atoms with Crippen LogP contribution in [0.15, 0.2) is 64.3 Å². The van der Waals surface area contributed by atoms with E-state index in [-0.39, 0.29) is 42.0 Å². The van der Waals surface area contributed by atoms with Crippen molar-refractivity contribution in [2.75, 3.05) is 6.54 Å². The molecule has 10 heteroatoms. The van der Waals surface area contributed by atoms with Gasteiger partial charge in [0.2, 0.25) is 5.88 Å². The number of halogens is 1. The standard InChI is InChI=1S/C29H24ClN3O4S2/c1-17-22(16-31)26(35)33(18(2)20-7-4-3-5-8-20)28(37)25(17)23(34)9-6-14-32-27(36)24(39-29(32)38)15-19-10-12-21(30)13-11-19/h3-5,7-8,10-13,15,18,37H,6,9,14H2,1-2H3/b24-15-. The average Bonchev–Trinajstić information content (AvgIpc) is 3.18. The number of Topliss-reactive ketones (excluding diaryl/α,β-unsaturated/α-hetero) is 1. The molecule has 0 bridgehead atoms. The van der Waals surface area contributed by atoms with Crippen LogP contribution in [-0.2, 0) is 4.79 Å². The molecule has 1 fully saturated rings. The fourth-order valence-corrected chi connectivity index (χ4v) is 5.86. The van der Waals surface area contributed by atoms with Crippen molar-refractivity contribution in [3.8, 4) is 11.9 Å². The van der Waals surface area contributed by atoms with Gasteiger partial charge in [0.1, 0.15) is 16.0 Å². The summed E-state index contributed by atoms with van der Waals surface area (Å²) >= 11 is 12.5. The van der Waals surface area contributed by atoms with Gasteiger partial charge in [0, 0.05) is 18.0 Å². The Bertz CT molecular complexity index is 1590. The van der Waals surface area contributed by atoms with Gasteiger partial charge < -0.3 is 5.11 Å². The molecule has 2 heterocycles. The van der Waals surface area contributed by atoms with Gasteiger partial charge in [0.25, 0.3) is 11.5 Å². The quantitative estimate of drug-likeness (QED) is 0.203. The number of rotatable bonds is 8. The number of ketones is 1. The van der Waals surface area contributed by atoms with Crippen molar-refractivity contribution in [1.82, 2.24) is 9.47 Å². The molecule has 1 aromatic heterocycles. The number of benzene rings is 2. The summed E-state index contributed by atoms with van der Waals surface area (Å²) in [6, 6.07) is 17.4. The minimum absolute atomic E-state index is 0.0233. The summed E-state index contributed by atoms with van der Waals surface area (Å²) in [6.45, 7) is 3.40. The largest absolute Gasteiger partial charge is 0.494 e. The van der Waals surface area contributed by atoms with Crippen molar-refractivity contribution in [2.24, 2.45) is 0 Å². The summed E-state index contributed by atoms with van der Waals surface area (Å²) < 4.78 is 1.47. The van der Waals surface area contributed by atoms with E-state index in [0.717, 1.165) is 15.7 Å². The molecule has 4 rings (SSSR count). The molecule has 0 spiro atoms. The number of carbonyl (C=O) groups excluding carboxylic acids is 2. The lowest BCUT2D eigenvalue weighted by Crippen LogP contribution is -2.30. The first-order valence-electron chi connectivity index (χ1n) is 12.1. The number of amides is 1. The molecule has 1 atom stereocenters. The van der Waals surface area contributed by atoms with Crippen molar-refractivity contribution in [3.05, 3.63) is 103 Å². The number of hydrogen-bond donors (Lipinski definition) is 1. The van der Waals surface area contributed by atoms with Gasteiger partial charge in [-0.3, -0.25) is 23.9 Å². The second kappa shape index (κ2) is 12.0. The van der Waals surface area contributed by atoms with Crippen LogP contribution >= 0.6 is 35.6 Å². The average molecular weight is 578 g/mol. The Hall–Kier alpha value is -3.71. The maximum absolute atomic E-state index is 13.3. The normalized spacial score (nSPS) is 15.0. The molecule has 39 heavy (non-hydrogen) atoms. The summed E-state index contributed by atoms with van der Waals surface area (Å²) in [5, 5.41) is 21.3. The molecule has 1 amide bonds. The summed E-state index contributed by atoms with van der Waals surface area (Å²) in [5.41, 5.74) is 0.768. The van der Waals surface area contributed by atoms with Crippen molar-refractivity contribution in [3.63, 3.8) is 0 Å². The number of aromatic nitrogens is 1. The highest BCUT2D eigenvalue weighted by Crippen LogP contribution is 2.33. The Balaban J connectivity index is 1.53. The summed E-state index contributed by atoms with van der Waals surface area (Å²) in [6.07, 6.45) is 1.99. The van der Waals surface area contributed by atoms with Gasteiger partial charge in [-0.15, -0.1) is 0 Å². The number of nitriles is 1. The van der Waals surface area contributed by atoms with E-state index in [0.29, 0.717) is 14.2 Å². The van der Waals surface area contributed by atoms with Crippen molar-refractivity contribution in [2.45, 2.75) is 32.7 Å². The van der Waals surface area contributed by atoms with E-state index in [1.54, 1.807) is 61.5 Å². The highest BCUT2D eigenvalue weighted by atomic mass is 35.5. The van der Waals surface area contributed by atoms with Gasteiger partial charge in [-0.25, -0.2) is 0 Å². The van der Waals surface area contributed by atoms with E-state index < -0.39 is 23.3 Å². The zero-order valence-electron chi connectivity index (χ0n) is 21.2. The second-order valence-electron chi connectivity index (χ2n) is 8.98. The summed E-state index contributed by atoms with van der Waals surface area (Å²) in [5.74, 6) is -1.16. The molecule has 1 saturated heterocycles. The molecular weight excluding hydrogens is 554 g/mol. The topological polar surface area (TPSA) is 103 Å². The molecule has 0 saturated carbocycles. The maximum atomic E-state index is 13.3. The van der Waals surface area contributed by atoms with Crippen LogP contribution in [0.2, 0.25) is 5.02 Å². The molecule has 0 aliphatic carbocycles. The molecule has 3 aromatic rings. The van der Waals surface area contributed by atoms with E-state index in [9.17, 15) is 24.8 Å². The van der Waals surface area contributed by atoms with Gasteiger partial charge in [-0.1, -0.05) is 78.0 Å². The predicted octanol–water partition coefficient (Wildman–Crippen LogP) is 5.86. The lowest BCUT2D eigenvalue weighted by molar-refractivity contribution is -0.122. The molecule has 198 valence electrons. The first-order chi connectivity index (χ1) is 18.6. The lowest BCUT2D eigenvalue weighted by Gasteiger charge is -2.21. The van der Waals surface area contributed by atoms with Crippen LogP contribution in [0.5, 0.6) is 5.88 Å². The van der Waals surface area contributed by atoms with Crippen molar-refractivity contribution in [1.29, 1.82) is 5.26 Å². The van der Waals surface area contributed by atoms with Gasteiger partial charge >= 0.3 is 0 Å². The number of thioether (sulfide) groups is 1. The number of thiocarbonyl (C=S) groups is 1. The number of hydrogen-bond acceptors (Lipinski definition) is 7. The fourth-order valence-electron chi connectivity index (χ4n) is 4.42. The van der Waals surface area contributed by atoms with Crippen LogP contribution in [0.4, 0.5) is 0 Å². The number of pyridine rings is 1. The van der Waals surface area contributed by atoms with E-state index in [2.05, 4.69) is 0 Å². The van der Waals surface area contributed by atoms with Gasteiger partial charge in [0.15, 0.2) is 5.78 Å². The Morgan fingerprint density at radius 1 is 1.18 bits per heavy atom. The van der Waals surface area contributed by atoms with Crippen LogP contribution < -0.4 is 5.56 Å². The molecule has 1 aliphatic heterocycles. The van der Waals surface area contributed by atoms with Crippen LogP contribution in [-0.4, -0.2) is 37.1 Å². The summed E-state index contributed by atoms with van der Waals surface area (Å²) in [4.78, 5) is 41.2. The smallest absolute Gasteiger partial charge is 0.272 e. The highest BCUT2D eigenvalue weighted by molar-refractivity contribution is 8.26. The van der Waals surface area contributed by atoms with Crippen LogP contribution in [0.3, 0.4) is 0 Å². The zero-order chi connectivity index (χ0) is 28.3. The first-order valence-corrected chi connectivity index (χ1v) is 13.7. The van der Waals surface area contributed by atoms with Crippen molar-refractivity contribution < 1.29 is 14.7 Å². The van der Waals surface area contributed by atoms with Crippen LogP contribution in [0.1, 0.15) is 58.4 Å². The molecule has 1 unspecified atom stereocenters. The third kappa shape index (κ3) is 5.83. The van der Waals surface area contributed by atoms with Crippen molar-refractivity contribution >= 4 is 57.7 Å². The van der Waals surface area contributed by atoms with E-state index in [1.165, 1.54) is 23.6 Å². The Kier molecular flexibility index (Phi) is 8.70. The van der Waals surface area contributed by atoms with E-state index in [4.69, 9.17) is 23.8 Å². The number of aromatic hydroxyl groups is 1. The second-order valence-corrected chi connectivity index (χ2v) is 11.1. The number of carbonyl (C=O) groups is 2. The Morgan fingerprint density at radius 2 is 1.85 bits per heavy atom. The van der Waals surface area contributed by atoms with E-state index in [1.807, 2.05) is 12.1 Å². The van der Waals surface area contributed by atoms with Gasteiger partial charge in [-0.05, 0) is 55.2 Å². The van der Waals surface area contributed by atoms with Crippen LogP contribution in [0.25, 0.3) is 6.08 Å². The molecule has 2 aromatic carbocycles. The number of nitrogens with zero attached hydrogens (tertiary/aromatic N) is 3. The Morgan fingerprint density at radius 3 is 2.49 bits per heavy atom. The minimum Gasteiger partial charge on any atom is -0.494 e. The molecule has 1 N–H and O–H groups in total. The third-order valence-corrected chi connectivity index (χ3v) is 8.15. The molecular formula is C29H24ClN3O4S2. The first kappa shape index (κ1) is 28.3. The van der Waals surface area contributed by atoms with E-state index >= 15 is 0 Å². The Labute approximate surface area is 240 Å². The SMILES string of the molecule is Cc1c(C(=O)CCCN2C(=O)/C(=C/c3ccc(Cl)cc3)SC2=S)c(O)n(C(C)c2ccccc2)c(=O)c1C#N. The fraction of sp³-hybridized carbons (Fsp3) is 0.207. The van der Waals surface area contributed by atoms with Crippen LogP contribution in [0, 0.1) is 18.3 Å². The monoisotopic (exact) mass is 577 g/mol. The predicted molar refractivity (Wildman–Crippen MR) is 157 cm³/mol. The third-order valence-electron chi connectivity index (χ3n) is 6.52. The molecule has 0 radical (unpaired) electrons. The maximum Gasteiger partial charge on any atom is 0.272 e. The zero-order valence-corrected chi connectivity index (χ0v) is 23.6. The summed E-state index contributed by atoms with van der Waals surface area (Å²) in [7, 11) is 0. The minimum atomic E-state index is -0.662. The molecule has 1 aliphatic rings. The lowest BCUT2D eigenvalue weighted by atomic mass is 9.98.